The van der Waals surface area contributed by atoms with Gasteiger partial charge in [0.05, 0.1) is 0 Å². The molecule has 0 aliphatic rings. The van der Waals surface area contributed by atoms with Gasteiger partial charge in [-0.05, 0) is 0 Å². The Labute approximate surface area is 59.8 Å². The molecule has 0 fully saturated rings. The maximum absolute atomic E-state index is 5.05. The molecular formula is HCl5FSb. The van der Waals surface area contributed by atoms with Crippen molar-refractivity contribution in [2.24, 2.45) is 0 Å². The summed E-state index contributed by atoms with van der Waals surface area (Å²) in [5.74, 6) is 0. The van der Waals surface area contributed by atoms with Crippen molar-refractivity contribution in [2.45, 2.75) is 0 Å². The Bertz CT molecular complexity index is 41.3. The Balaban J connectivity index is 0. The molecule has 7 heavy (non-hydrogen) atoms. The summed E-state index contributed by atoms with van der Waals surface area (Å²) in [5, 5.41) is 0. The second-order valence-corrected chi connectivity index (χ2v) is 38.6. The molecule has 0 unspecified atom stereocenters. The van der Waals surface area contributed by atoms with E-state index in [4.69, 9.17) is 44.1 Å². The van der Waals surface area contributed by atoms with E-state index >= 15 is 0 Å². The van der Waals surface area contributed by atoms with Gasteiger partial charge in [0, 0.05) is 0 Å². The summed E-state index contributed by atoms with van der Waals surface area (Å²) >= 11 is -4.33. The minimum absolute atomic E-state index is 0. The van der Waals surface area contributed by atoms with Crippen molar-refractivity contribution in [3.8, 4) is 0 Å². The summed E-state index contributed by atoms with van der Waals surface area (Å²) < 4.78 is 0. The van der Waals surface area contributed by atoms with Crippen LogP contribution in [-0.4, -0.2) is 11.7 Å². The van der Waals surface area contributed by atoms with Crippen molar-refractivity contribution >= 4 is 55.8 Å². The third-order valence-electron chi connectivity index (χ3n) is 0. The van der Waals surface area contributed by atoms with E-state index in [0.29, 0.717) is 0 Å². The van der Waals surface area contributed by atoms with Gasteiger partial charge in [0.25, 0.3) is 0 Å². The zero-order chi connectivity index (χ0) is 5.45. The van der Waals surface area contributed by atoms with Crippen LogP contribution in [0.15, 0.2) is 0 Å². The van der Waals surface area contributed by atoms with Crippen LogP contribution in [0.25, 0.3) is 0 Å². The standard InChI is InChI=1S/5ClH.FH.Sb/h6*1H;/q;;;;;;+5/p-5. The quantitative estimate of drug-likeness (QED) is 0.602. The molecule has 0 aromatic rings. The van der Waals surface area contributed by atoms with E-state index in [0.717, 1.165) is 0 Å². The van der Waals surface area contributed by atoms with Crippen molar-refractivity contribution in [3.05, 3.63) is 0 Å². The van der Waals surface area contributed by atoms with E-state index in [2.05, 4.69) is 0 Å². The van der Waals surface area contributed by atoms with Crippen molar-refractivity contribution in [1.29, 1.82) is 0 Å². The second-order valence-electron chi connectivity index (χ2n) is 0.639. The summed E-state index contributed by atoms with van der Waals surface area (Å²) in [5.41, 5.74) is 0. The molecule has 0 bridgehead atoms. The van der Waals surface area contributed by atoms with E-state index in [1.807, 2.05) is 0 Å². The van der Waals surface area contributed by atoms with E-state index < -0.39 is 11.7 Å². The first-order valence-electron chi connectivity index (χ1n) is 0.845. The summed E-state index contributed by atoms with van der Waals surface area (Å²) in [7, 11) is 25.2. The Kier molecular flexibility index (Phi) is 4.87. The molecule has 0 aromatic carbocycles. The SMILES string of the molecule is F.[Cl][Sb]([Cl])([Cl])([Cl])[Cl]. The van der Waals surface area contributed by atoms with Crippen LogP contribution < -0.4 is 0 Å². The number of rotatable bonds is 0. The zero-order valence-corrected chi connectivity index (χ0v) is 9.08. The van der Waals surface area contributed by atoms with Crippen LogP contribution in [-0.2, 0) is 0 Å². The van der Waals surface area contributed by atoms with Crippen LogP contribution in [0.2, 0.25) is 0 Å². The number of hydrogen-bond acceptors (Lipinski definition) is 0. The van der Waals surface area contributed by atoms with Crippen LogP contribution in [0, 0.1) is 0 Å². The number of hydrogen-bond donors (Lipinski definition) is 0. The molecule has 48 valence electrons. The third kappa shape index (κ3) is 65.2. The summed E-state index contributed by atoms with van der Waals surface area (Å²) in [6.07, 6.45) is 0. The van der Waals surface area contributed by atoms with Gasteiger partial charge < -0.3 is 0 Å². The average molecular weight is 319 g/mol. The predicted molar refractivity (Wildman–Crippen MR) is 37.5 cm³/mol. The first-order valence-corrected chi connectivity index (χ1v) is 17.0. The fraction of sp³-hybridized carbons (Fsp3) is 0. The van der Waals surface area contributed by atoms with Crippen molar-refractivity contribution in [1.82, 2.24) is 0 Å². The van der Waals surface area contributed by atoms with Crippen LogP contribution in [0.4, 0.5) is 4.70 Å². The van der Waals surface area contributed by atoms with Crippen LogP contribution in [0.3, 0.4) is 0 Å². The molecule has 0 radical (unpaired) electrons. The van der Waals surface area contributed by atoms with Gasteiger partial charge in [0.2, 0.25) is 0 Å². The minimum atomic E-state index is -4.33. The Morgan fingerprint density at radius 2 is 0.714 bits per heavy atom. The van der Waals surface area contributed by atoms with Crippen molar-refractivity contribution in [3.63, 3.8) is 0 Å². The van der Waals surface area contributed by atoms with Crippen molar-refractivity contribution in [2.75, 3.05) is 0 Å². The molecule has 0 saturated carbocycles. The summed E-state index contributed by atoms with van der Waals surface area (Å²) in [6.45, 7) is 0. The fourth-order valence-electron chi connectivity index (χ4n) is 0. The molecule has 0 nitrogen and oxygen atoms in total. The van der Waals surface area contributed by atoms with Gasteiger partial charge in [0.1, 0.15) is 0 Å². The Hall–Kier alpha value is 2.20. The predicted octanol–water partition coefficient (Wildman–Crippen LogP) is 3.22. The fourth-order valence-corrected chi connectivity index (χ4v) is 0. The van der Waals surface area contributed by atoms with Crippen LogP contribution in [0.5, 0.6) is 0 Å². The van der Waals surface area contributed by atoms with Crippen LogP contribution >= 0.6 is 44.1 Å². The van der Waals surface area contributed by atoms with E-state index in [1.165, 1.54) is 0 Å². The molecular weight excluding hydrogens is 318 g/mol. The molecule has 7 heteroatoms. The molecule has 0 aliphatic heterocycles. The zero-order valence-electron chi connectivity index (χ0n) is 2.75. The van der Waals surface area contributed by atoms with Gasteiger partial charge >= 0.3 is 55.8 Å². The molecule has 0 aromatic heterocycles. The molecule has 0 amide bonds. The molecule has 0 atom stereocenters. The van der Waals surface area contributed by atoms with Gasteiger partial charge in [-0.2, -0.15) is 0 Å². The maximum atomic E-state index is 5.05. The average Bonchev–Trinajstić information content (AvgIpc) is 0.650. The normalized spacial score (nSPS) is 16.4. The first kappa shape index (κ1) is 11.9. The molecule has 0 N–H and O–H groups in total. The van der Waals surface area contributed by atoms with E-state index in [9.17, 15) is 0 Å². The van der Waals surface area contributed by atoms with Gasteiger partial charge in [-0.25, -0.2) is 0 Å². The molecule has 0 saturated heterocycles. The molecule has 0 aliphatic carbocycles. The second kappa shape index (κ2) is 2.85. The topological polar surface area (TPSA) is 0 Å². The van der Waals surface area contributed by atoms with E-state index in [-0.39, 0.29) is 4.70 Å². The van der Waals surface area contributed by atoms with Gasteiger partial charge in [0.15, 0.2) is 0 Å². The molecule has 0 spiro atoms. The van der Waals surface area contributed by atoms with Crippen molar-refractivity contribution < 1.29 is 4.70 Å². The Morgan fingerprint density at radius 3 is 0.714 bits per heavy atom. The van der Waals surface area contributed by atoms with E-state index in [1.54, 1.807) is 0 Å². The summed E-state index contributed by atoms with van der Waals surface area (Å²) in [4.78, 5) is 0. The van der Waals surface area contributed by atoms with Gasteiger partial charge in [-0.15, -0.1) is 0 Å². The number of halogens is 6. The summed E-state index contributed by atoms with van der Waals surface area (Å²) in [6, 6.07) is 0. The first-order chi connectivity index (χ1) is 2.24. The molecule has 0 heterocycles. The molecule has 0 rings (SSSR count). The van der Waals surface area contributed by atoms with Crippen LogP contribution in [0.1, 0.15) is 0 Å². The monoisotopic (exact) mass is 316 g/mol. The Morgan fingerprint density at radius 1 is 0.714 bits per heavy atom. The third-order valence-corrected chi connectivity index (χ3v) is 0. The van der Waals surface area contributed by atoms with Gasteiger partial charge in [-0.1, -0.05) is 0 Å². The van der Waals surface area contributed by atoms with Gasteiger partial charge in [-0.3, -0.25) is 4.70 Å².